The number of aliphatic hydroxyl groups excluding tert-OH is 1. The third kappa shape index (κ3) is 4.32. The zero-order valence-electron chi connectivity index (χ0n) is 11.4. The number of thiophene rings is 1. The third-order valence-corrected chi connectivity index (χ3v) is 4.83. The Labute approximate surface area is 119 Å². The zero-order valence-corrected chi connectivity index (χ0v) is 12.2. The van der Waals surface area contributed by atoms with E-state index < -0.39 is 0 Å². The van der Waals surface area contributed by atoms with E-state index in [1.807, 2.05) is 0 Å². The third-order valence-electron chi connectivity index (χ3n) is 3.59. The lowest BCUT2D eigenvalue weighted by molar-refractivity contribution is 0.0957. The maximum absolute atomic E-state index is 12.0. The highest BCUT2D eigenvalue weighted by atomic mass is 32.1. The lowest BCUT2D eigenvalue weighted by atomic mass is 10.1. The Kier molecular flexibility index (Phi) is 5.86. The van der Waals surface area contributed by atoms with Crippen LogP contribution in [0.5, 0.6) is 0 Å². The molecule has 1 aromatic heterocycles. The first-order valence-corrected chi connectivity index (χ1v) is 8.13. The standard InChI is InChI=1S/C15H23NO2S/c17-10-6-2-5-9-16-15(18)14-11-12-7-3-1-4-8-13(12)19-14/h11,17H,1-10H2,(H,16,18). The molecule has 0 atom stereocenters. The summed E-state index contributed by atoms with van der Waals surface area (Å²) in [6, 6.07) is 2.09. The quantitative estimate of drug-likeness (QED) is 0.622. The summed E-state index contributed by atoms with van der Waals surface area (Å²) in [5, 5.41) is 11.7. The predicted octanol–water partition coefficient (Wildman–Crippen LogP) is 2.91. The average Bonchev–Trinajstić information content (AvgIpc) is 2.70. The van der Waals surface area contributed by atoms with Gasteiger partial charge < -0.3 is 10.4 Å². The van der Waals surface area contributed by atoms with Crippen LogP contribution in [0.1, 0.15) is 58.6 Å². The van der Waals surface area contributed by atoms with E-state index in [1.54, 1.807) is 11.3 Å². The molecule has 0 aromatic carbocycles. The van der Waals surface area contributed by atoms with Crippen molar-refractivity contribution < 1.29 is 9.90 Å². The Hall–Kier alpha value is -0.870. The summed E-state index contributed by atoms with van der Waals surface area (Å²) < 4.78 is 0. The first-order valence-electron chi connectivity index (χ1n) is 7.32. The number of aliphatic hydroxyl groups is 1. The van der Waals surface area contributed by atoms with Crippen molar-refractivity contribution in [3.63, 3.8) is 0 Å². The Morgan fingerprint density at radius 1 is 1.21 bits per heavy atom. The van der Waals surface area contributed by atoms with Gasteiger partial charge in [0.15, 0.2) is 0 Å². The Balaban J connectivity index is 1.82. The number of unbranched alkanes of at least 4 members (excludes halogenated alkanes) is 2. The molecule has 106 valence electrons. The van der Waals surface area contributed by atoms with Crippen molar-refractivity contribution in [3.8, 4) is 0 Å². The second-order valence-corrected chi connectivity index (χ2v) is 6.30. The normalized spacial score (nSPS) is 14.8. The molecule has 1 aliphatic carbocycles. The van der Waals surface area contributed by atoms with Gasteiger partial charge in [-0.3, -0.25) is 4.79 Å². The number of rotatable bonds is 6. The van der Waals surface area contributed by atoms with Gasteiger partial charge in [-0.15, -0.1) is 11.3 Å². The topological polar surface area (TPSA) is 49.3 Å². The fourth-order valence-corrected chi connectivity index (χ4v) is 3.65. The maximum atomic E-state index is 12.0. The highest BCUT2D eigenvalue weighted by Crippen LogP contribution is 2.28. The summed E-state index contributed by atoms with van der Waals surface area (Å²) >= 11 is 1.67. The maximum Gasteiger partial charge on any atom is 0.261 e. The van der Waals surface area contributed by atoms with Gasteiger partial charge in [0.1, 0.15) is 0 Å². The molecule has 1 aliphatic rings. The summed E-state index contributed by atoms with van der Waals surface area (Å²) in [6.45, 7) is 0.951. The van der Waals surface area contributed by atoms with Gasteiger partial charge in [0, 0.05) is 18.0 Å². The van der Waals surface area contributed by atoms with E-state index in [2.05, 4.69) is 11.4 Å². The van der Waals surface area contributed by atoms with Crippen molar-refractivity contribution in [3.05, 3.63) is 21.4 Å². The first kappa shape index (κ1) is 14.5. The number of aryl methyl sites for hydroxylation is 2. The van der Waals surface area contributed by atoms with Gasteiger partial charge in [-0.05, 0) is 56.6 Å². The molecule has 19 heavy (non-hydrogen) atoms. The van der Waals surface area contributed by atoms with Crippen molar-refractivity contribution in [1.82, 2.24) is 5.32 Å². The van der Waals surface area contributed by atoms with E-state index in [0.29, 0.717) is 6.54 Å². The fraction of sp³-hybridized carbons (Fsp3) is 0.667. The minimum absolute atomic E-state index is 0.0714. The second-order valence-electron chi connectivity index (χ2n) is 5.16. The molecule has 0 saturated carbocycles. The van der Waals surface area contributed by atoms with Crippen LogP contribution >= 0.6 is 11.3 Å². The van der Waals surface area contributed by atoms with Gasteiger partial charge in [0.25, 0.3) is 5.91 Å². The summed E-state index contributed by atoms with van der Waals surface area (Å²) in [7, 11) is 0. The number of hydrogen-bond donors (Lipinski definition) is 2. The first-order chi connectivity index (χ1) is 9.31. The Morgan fingerprint density at radius 3 is 2.89 bits per heavy atom. The minimum Gasteiger partial charge on any atom is -0.396 e. The lowest BCUT2D eigenvalue weighted by Gasteiger charge is -2.02. The van der Waals surface area contributed by atoms with E-state index in [1.165, 1.54) is 29.7 Å². The van der Waals surface area contributed by atoms with E-state index in [9.17, 15) is 4.79 Å². The van der Waals surface area contributed by atoms with Crippen molar-refractivity contribution in [2.45, 2.75) is 51.4 Å². The number of fused-ring (bicyclic) bond motifs is 1. The molecule has 2 rings (SSSR count). The van der Waals surface area contributed by atoms with Crippen molar-refractivity contribution in [2.75, 3.05) is 13.2 Å². The van der Waals surface area contributed by atoms with Crippen LogP contribution in [-0.2, 0) is 12.8 Å². The minimum atomic E-state index is 0.0714. The molecule has 1 aromatic rings. The van der Waals surface area contributed by atoms with Crippen LogP contribution in [0, 0.1) is 0 Å². The molecular weight excluding hydrogens is 258 g/mol. The van der Waals surface area contributed by atoms with Gasteiger partial charge in [-0.2, -0.15) is 0 Å². The van der Waals surface area contributed by atoms with Crippen LogP contribution in [0.15, 0.2) is 6.07 Å². The SMILES string of the molecule is O=C(NCCCCCO)c1cc2c(s1)CCCCC2. The van der Waals surface area contributed by atoms with Crippen LogP contribution in [-0.4, -0.2) is 24.2 Å². The number of nitrogens with one attached hydrogen (secondary N) is 1. The molecule has 4 heteroatoms. The number of hydrogen-bond acceptors (Lipinski definition) is 3. The van der Waals surface area contributed by atoms with E-state index >= 15 is 0 Å². The van der Waals surface area contributed by atoms with Gasteiger partial charge >= 0.3 is 0 Å². The van der Waals surface area contributed by atoms with Crippen LogP contribution in [0.25, 0.3) is 0 Å². The highest BCUT2D eigenvalue weighted by molar-refractivity contribution is 7.14. The molecule has 0 unspecified atom stereocenters. The van der Waals surface area contributed by atoms with Crippen molar-refractivity contribution in [2.24, 2.45) is 0 Å². The summed E-state index contributed by atoms with van der Waals surface area (Å²) in [4.78, 5) is 14.3. The Bertz CT molecular complexity index is 391. The Morgan fingerprint density at radius 2 is 2.05 bits per heavy atom. The second kappa shape index (κ2) is 7.65. The number of amides is 1. The lowest BCUT2D eigenvalue weighted by Crippen LogP contribution is -2.23. The monoisotopic (exact) mass is 281 g/mol. The summed E-state index contributed by atoms with van der Waals surface area (Å²) in [5.41, 5.74) is 1.40. The molecule has 3 nitrogen and oxygen atoms in total. The molecule has 0 radical (unpaired) electrons. The fourth-order valence-electron chi connectivity index (χ4n) is 2.48. The molecule has 0 fully saturated rings. The molecule has 0 aliphatic heterocycles. The molecule has 2 N–H and O–H groups in total. The molecule has 1 amide bonds. The van der Waals surface area contributed by atoms with Crippen LogP contribution in [0.3, 0.4) is 0 Å². The van der Waals surface area contributed by atoms with E-state index in [-0.39, 0.29) is 12.5 Å². The van der Waals surface area contributed by atoms with Crippen LogP contribution in [0.4, 0.5) is 0 Å². The van der Waals surface area contributed by atoms with E-state index in [0.717, 1.165) is 37.0 Å². The number of carbonyl (C=O) groups excluding carboxylic acids is 1. The van der Waals surface area contributed by atoms with Crippen molar-refractivity contribution >= 4 is 17.2 Å². The largest absolute Gasteiger partial charge is 0.396 e. The average molecular weight is 281 g/mol. The van der Waals surface area contributed by atoms with Crippen molar-refractivity contribution in [1.29, 1.82) is 0 Å². The molecule has 0 spiro atoms. The highest BCUT2D eigenvalue weighted by Gasteiger charge is 2.15. The molecular formula is C15H23NO2S. The van der Waals surface area contributed by atoms with Crippen LogP contribution < -0.4 is 5.32 Å². The predicted molar refractivity (Wildman–Crippen MR) is 78.8 cm³/mol. The van der Waals surface area contributed by atoms with Gasteiger partial charge in [-0.25, -0.2) is 0 Å². The van der Waals surface area contributed by atoms with Gasteiger partial charge in [0.05, 0.1) is 4.88 Å². The molecule has 0 bridgehead atoms. The zero-order chi connectivity index (χ0) is 13.5. The summed E-state index contributed by atoms with van der Waals surface area (Å²) in [5.74, 6) is 0.0714. The van der Waals surface area contributed by atoms with Crippen LogP contribution in [0.2, 0.25) is 0 Å². The molecule has 0 saturated heterocycles. The van der Waals surface area contributed by atoms with E-state index in [4.69, 9.17) is 5.11 Å². The van der Waals surface area contributed by atoms with Gasteiger partial charge in [0.2, 0.25) is 0 Å². The molecule has 1 heterocycles. The number of carbonyl (C=O) groups is 1. The smallest absolute Gasteiger partial charge is 0.261 e. The summed E-state index contributed by atoms with van der Waals surface area (Å²) in [6.07, 6.45) is 8.84. The van der Waals surface area contributed by atoms with Gasteiger partial charge in [-0.1, -0.05) is 6.42 Å².